The van der Waals surface area contributed by atoms with Gasteiger partial charge in [-0.05, 0) is 42.6 Å². The van der Waals surface area contributed by atoms with E-state index in [1.807, 2.05) is 0 Å². The van der Waals surface area contributed by atoms with Crippen LogP contribution in [0.2, 0.25) is 0 Å². The minimum absolute atomic E-state index is 0.236. The molecule has 22 heavy (non-hydrogen) atoms. The molecule has 2 fully saturated rings. The van der Waals surface area contributed by atoms with E-state index in [9.17, 15) is 4.79 Å². The number of carbonyl (C=O) groups excluding carboxylic acids is 1. The second kappa shape index (κ2) is 6.82. The Hall–Kier alpha value is -1.35. The summed E-state index contributed by atoms with van der Waals surface area (Å²) < 4.78 is 0. The summed E-state index contributed by atoms with van der Waals surface area (Å²) in [6.45, 7) is 1.70. The van der Waals surface area contributed by atoms with Crippen molar-refractivity contribution in [3.63, 3.8) is 0 Å². The van der Waals surface area contributed by atoms with Crippen molar-refractivity contribution in [3.8, 4) is 0 Å². The lowest BCUT2D eigenvalue weighted by atomic mass is 9.86. The summed E-state index contributed by atoms with van der Waals surface area (Å²) in [5, 5.41) is 3.10. The van der Waals surface area contributed by atoms with Gasteiger partial charge in [-0.3, -0.25) is 4.79 Å². The second-order valence-electron chi connectivity index (χ2n) is 7.62. The highest BCUT2D eigenvalue weighted by atomic mass is 16.1. The fraction of sp³-hybridized carbons (Fsp3) is 0.632. The van der Waals surface area contributed by atoms with Crippen LogP contribution < -0.4 is 10.2 Å². The van der Waals surface area contributed by atoms with Crippen LogP contribution in [0, 0.1) is 17.8 Å². The van der Waals surface area contributed by atoms with Crippen molar-refractivity contribution in [1.82, 2.24) is 5.32 Å². The molecule has 2 saturated carbocycles. The van der Waals surface area contributed by atoms with Gasteiger partial charge in [0.25, 0.3) is 0 Å². The third-order valence-corrected chi connectivity index (χ3v) is 5.40. The average molecular weight is 301 g/mol. The maximum Gasteiger partial charge on any atom is 0.220 e. The van der Waals surface area contributed by atoms with Crippen molar-refractivity contribution in [2.75, 3.05) is 14.1 Å². The van der Waals surface area contributed by atoms with Crippen molar-refractivity contribution in [2.45, 2.75) is 45.2 Å². The summed E-state index contributed by atoms with van der Waals surface area (Å²) >= 11 is 0. The molecule has 0 heterocycles. The van der Waals surface area contributed by atoms with Gasteiger partial charge in [0.15, 0.2) is 0 Å². The number of fused-ring (bicyclic) bond motifs is 2. The largest absolute Gasteiger partial charge is 0.352 e. The van der Waals surface area contributed by atoms with Crippen LogP contribution in [0.4, 0.5) is 0 Å². The maximum atomic E-state index is 12.1. The number of quaternary nitrogens is 1. The van der Waals surface area contributed by atoms with Crippen LogP contribution in [0.5, 0.6) is 0 Å². The van der Waals surface area contributed by atoms with Crippen molar-refractivity contribution >= 4 is 5.91 Å². The SMILES string of the molecule is C[NH+](C)Cc1ccc(CNC(=O)C[C@@H]2C[C@@H]3CC[C@@H]2C3)cc1. The molecule has 0 aliphatic heterocycles. The Balaban J connectivity index is 1.43. The molecule has 1 aromatic rings. The van der Waals surface area contributed by atoms with E-state index in [0.29, 0.717) is 12.5 Å². The van der Waals surface area contributed by atoms with Crippen LogP contribution in [0.1, 0.15) is 43.2 Å². The van der Waals surface area contributed by atoms with Crippen LogP contribution in [0.25, 0.3) is 0 Å². The van der Waals surface area contributed by atoms with E-state index in [4.69, 9.17) is 0 Å². The van der Waals surface area contributed by atoms with Crippen molar-refractivity contribution < 1.29 is 9.69 Å². The van der Waals surface area contributed by atoms with Gasteiger partial charge in [0.2, 0.25) is 5.91 Å². The maximum absolute atomic E-state index is 12.1. The van der Waals surface area contributed by atoms with E-state index in [0.717, 1.165) is 24.8 Å². The Labute approximate surface area is 134 Å². The minimum Gasteiger partial charge on any atom is -0.352 e. The number of benzene rings is 1. The lowest BCUT2D eigenvalue weighted by Crippen LogP contribution is -3.04. The Morgan fingerprint density at radius 2 is 1.86 bits per heavy atom. The van der Waals surface area contributed by atoms with E-state index in [1.54, 1.807) is 0 Å². The van der Waals surface area contributed by atoms with Gasteiger partial charge in [-0.2, -0.15) is 0 Å². The summed E-state index contributed by atoms with van der Waals surface area (Å²) in [4.78, 5) is 13.6. The monoisotopic (exact) mass is 301 g/mol. The number of rotatable bonds is 6. The summed E-state index contributed by atoms with van der Waals surface area (Å²) in [5.74, 6) is 2.65. The Morgan fingerprint density at radius 3 is 2.45 bits per heavy atom. The van der Waals surface area contributed by atoms with Gasteiger partial charge in [0.05, 0.1) is 14.1 Å². The molecule has 1 aromatic carbocycles. The zero-order valence-corrected chi connectivity index (χ0v) is 13.9. The minimum atomic E-state index is 0.236. The summed E-state index contributed by atoms with van der Waals surface area (Å²) in [6, 6.07) is 8.61. The summed E-state index contributed by atoms with van der Waals surface area (Å²) in [6.07, 6.45) is 6.18. The third kappa shape index (κ3) is 3.89. The predicted octanol–water partition coefficient (Wildman–Crippen LogP) is 1.77. The molecule has 0 aromatic heterocycles. The van der Waals surface area contributed by atoms with E-state index in [2.05, 4.69) is 43.7 Å². The number of carbonyl (C=O) groups is 1. The fourth-order valence-corrected chi connectivity index (χ4v) is 4.32. The Kier molecular flexibility index (Phi) is 4.82. The molecule has 3 heteroatoms. The van der Waals surface area contributed by atoms with E-state index in [1.165, 1.54) is 41.7 Å². The molecular formula is C19H29N2O+. The molecular weight excluding hydrogens is 272 g/mol. The smallest absolute Gasteiger partial charge is 0.220 e. The van der Waals surface area contributed by atoms with Crippen LogP contribution >= 0.6 is 0 Å². The first-order chi connectivity index (χ1) is 10.6. The van der Waals surface area contributed by atoms with Crippen molar-refractivity contribution in [3.05, 3.63) is 35.4 Å². The number of hydrogen-bond donors (Lipinski definition) is 2. The standard InChI is InChI=1S/C19H28N2O/c1-21(2)13-15-5-3-14(4-6-15)12-20-19(22)11-18-10-16-7-8-17(18)9-16/h3-6,16-18H,7-13H2,1-2H3,(H,20,22)/p+1/t16-,17-,18+/m1/s1. The lowest BCUT2D eigenvalue weighted by Gasteiger charge is -2.20. The lowest BCUT2D eigenvalue weighted by molar-refractivity contribution is -0.872. The summed E-state index contributed by atoms with van der Waals surface area (Å²) in [7, 11) is 4.31. The molecule has 0 unspecified atom stereocenters. The van der Waals surface area contributed by atoms with Crippen molar-refractivity contribution in [1.29, 1.82) is 0 Å². The van der Waals surface area contributed by atoms with Crippen molar-refractivity contribution in [2.24, 2.45) is 17.8 Å². The molecule has 0 saturated heterocycles. The average Bonchev–Trinajstić information content (AvgIpc) is 3.08. The molecule has 2 aliphatic carbocycles. The molecule has 0 radical (unpaired) electrons. The molecule has 2 N–H and O–H groups in total. The molecule has 3 rings (SSSR count). The van der Waals surface area contributed by atoms with E-state index < -0.39 is 0 Å². The second-order valence-corrected chi connectivity index (χ2v) is 7.62. The van der Waals surface area contributed by atoms with Gasteiger partial charge in [0, 0.05) is 18.5 Å². The fourth-order valence-electron chi connectivity index (χ4n) is 4.32. The normalized spacial score (nSPS) is 26.6. The van der Waals surface area contributed by atoms with Gasteiger partial charge in [-0.15, -0.1) is 0 Å². The van der Waals surface area contributed by atoms with Crippen LogP contribution in [0.3, 0.4) is 0 Å². The quantitative estimate of drug-likeness (QED) is 0.825. The molecule has 3 atom stereocenters. The highest BCUT2D eigenvalue weighted by Crippen LogP contribution is 2.49. The number of nitrogens with one attached hydrogen (secondary N) is 2. The Bertz CT molecular complexity index is 509. The number of hydrogen-bond acceptors (Lipinski definition) is 1. The Morgan fingerprint density at radius 1 is 1.14 bits per heavy atom. The summed E-state index contributed by atoms with van der Waals surface area (Å²) in [5.41, 5.74) is 2.54. The molecule has 2 bridgehead atoms. The van der Waals surface area contributed by atoms with E-state index in [-0.39, 0.29) is 5.91 Å². The van der Waals surface area contributed by atoms with Crippen LogP contribution in [-0.2, 0) is 17.9 Å². The first-order valence-electron chi connectivity index (χ1n) is 8.73. The van der Waals surface area contributed by atoms with Gasteiger partial charge in [-0.25, -0.2) is 0 Å². The van der Waals surface area contributed by atoms with Gasteiger partial charge in [-0.1, -0.05) is 30.7 Å². The first kappa shape index (κ1) is 15.5. The van der Waals surface area contributed by atoms with Crippen LogP contribution in [0.15, 0.2) is 24.3 Å². The van der Waals surface area contributed by atoms with Gasteiger partial charge >= 0.3 is 0 Å². The predicted molar refractivity (Wildman–Crippen MR) is 88.4 cm³/mol. The van der Waals surface area contributed by atoms with Crippen LogP contribution in [-0.4, -0.2) is 20.0 Å². The molecule has 0 spiro atoms. The third-order valence-electron chi connectivity index (χ3n) is 5.40. The molecule has 2 aliphatic rings. The van der Waals surface area contributed by atoms with Gasteiger partial charge in [0.1, 0.15) is 6.54 Å². The zero-order valence-electron chi connectivity index (χ0n) is 13.9. The van der Waals surface area contributed by atoms with Gasteiger partial charge < -0.3 is 10.2 Å². The topological polar surface area (TPSA) is 33.5 Å². The zero-order chi connectivity index (χ0) is 15.5. The molecule has 120 valence electrons. The molecule has 1 amide bonds. The first-order valence-corrected chi connectivity index (χ1v) is 8.73. The van der Waals surface area contributed by atoms with E-state index >= 15 is 0 Å². The number of amides is 1. The highest BCUT2D eigenvalue weighted by molar-refractivity contribution is 5.76. The highest BCUT2D eigenvalue weighted by Gasteiger charge is 2.39. The molecule has 3 nitrogen and oxygen atoms in total.